The molecule has 0 aliphatic heterocycles. The summed E-state index contributed by atoms with van der Waals surface area (Å²) in [6.07, 6.45) is -2.50. The van der Waals surface area contributed by atoms with Crippen molar-refractivity contribution in [3.8, 4) is 5.75 Å². The molecule has 7 nitrogen and oxygen atoms in total. The third-order valence-electron chi connectivity index (χ3n) is 2.31. The average molecular weight is 335 g/mol. The molecule has 2 aromatic rings. The SMILES string of the molecule is O=c1[nH]ccnc1NS(=O)(=O)c1ccc(OC(F)(F)F)cc1. The highest BCUT2D eigenvalue weighted by Gasteiger charge is 2.31. The number of hydrogen-bond donors (Lipinski definition) is 2. The molecule has 0 fully saturated rings. The predicted molar refractivity (Wildman–Crippen MR) is 68.8 cm³/mol. The van der Waals surface area contributed by atoms with E-state index in [1.807, 2.05) is 4.72 Å². The fourth-order valence-electron chi connectivity index (χ4n) is 1.43. The quantitative estimate of drug-likeness (QED) is 0.881. The molecule has 1 aromatic heterocycles. The molecule has 0 saturated heterocycles. The number of aromatic amines is 1. The van der Waals surface area contributed by atoms with E-state index in [0.29, 0.717) is 0 Å². The number of H-pyrrole nitrogens is 1. The molecule has 0 amide bonds. The number of hydrogen-bond acceptors (Lipinski definition) is 5. The topological polar surface area (TPSA) is 101 Å². The van der Waals surface area contributed by atoms with Crippen molar-refractivity contribution < 1.29 is 26.3 Å². The molecule has 2 N–H and O–H groups in total. The fraction of sp³-hybridized carbons (Fsp3) is 0.0909. The standard InChI is InChI=1S/C11H8F3N3O4S/c12-11(13,14)21-7-1-3-8(4-2-7)22(19,20)17-9-10(18)16-6-5-15-9/h1-6H,(H,15,17)(H,16,18). The Kier molecular flexibility index (Phi) is 4.08. The van der Waals surface area contributed by atoms with E-state index in [9.17, 15) is 26.4 Å². The van der Waals surface area contributed by atoms with Gasteiger partial charge in [0.05, 0.1) is 4.90 Å². The van der Waals surface area contributed by atoms with Gasteiger partial charge in [0.25, 0.3) is 15.6 Å². The van der Waals surface area contributed by atoms with Crippen molar-refractivity contribution in [2.75, 3.05) is 4.72 Å². The van der Waals surface area contributed by atoms with Crippen molar-refractivity contribution in [1.29, 1.82) is 0 Å². The highest BCUT2D eigenvalue weighted by Crippen LogP contribution is 2.24. The van der Waals surface area contributed by atoms with E-state index in [1.165, 1.54) is 12.4 Å². The van der Waals surface area contributed by atoms with Crippen molar-refractivity contribution in [3.05, 3.63) is 47.0 Å². The molecule has 22 heavy (non-hydrogen) atoms. The maximum atomic E-state index is 12.0. The Labute approximate surface area is 121 Å². The van der Waals surface area contributed by atoms with Crippen LogP contribution in [0.3, 0.4) is 0 Å². The minimum absolute atomic E-state index is 0.355. The van der Waals surface area contributed by atoms with Crippen LogP contribution in [0.25, 0.3) is 0 Å². The molecule has 2 rings (SSSR count). The second-order valence-corrected chi connectivity index (χ2v) is 5.57. The van der Waals surface area contributed by atoms with Crippen LogP contribution >= 0.6 is 0 Å². The first-order valence-corrected chi connectivity index (χ1v) is 7.08. The molecule has 0 radical (unpaired) electrons. The summed E-state index contributed by atoms with van der Waals surface area (Å²) in [7, 11) is -4.17. The molecule has 1 heterocycles. The zero-order chi connectivity index (χ0) is 16.4. The number of aromatic nitrogens is 2. The summed E-state index contributed by atoms with van der Waals surface area (Å²) in [5.41, 5.74) is -0.761. The number of anilines is 1. The van der Waals surface area contributed by atoms with Crippen molar-refractivity contribution in [1.82, 2.24) is 9.97 Å². The molecular weight excluding hydrogens is 327 g/mol. The lowest BCUT2D eigenvalue weighted by Gasteiger charge is -2.10. The Balaban J connectivity index is 2.23. The molecule has 11 heteroatoms. The fourth-order valence-corrected chi connectivity index (χ4v) is 2.44. The summed E-state index contributed by atoms with van der Waals surface area (Å²) in [5.74, 6) is -1.03. The van der Waals surface area contributed by atoms with Gasteiger partial charge < -0.3 is 9.72 Å². The summed E-state index contributed by atoms with van der Waals surface area (Å²) < 4.78 is 65.5. The number of benzene rings is 1. The number of nitrogens with one attached hydrogen (secondary N) is 2. The van der Waals surface area contributed by atoms with Gasteiger partial charge in [0, 0.05) is 12.4 Å². The van der Waals surface area contributed by atoms with Gasteiger partial charge >= 0.3 is 6.36 Å². The first kappa shape index (κ1) is 15.8. The van der Waals surface area contributed by atoms with Crippen molar-refractivity contribution in [2.24, 2.45) is 0 Å². The summed E-state index contributed by atoms with van der Waals surface area (Å²) in [6, 6.07) is 3.48. The normalized spacial score (nSPS) is 12.0. The Bertz CT molecular complexity index is 815. The van der Waals surface area contributed by atoms with Gasteiger partial charge in [-0.25, -0.2) is 13.4 Å². The van der Waals surface area contributed by atoms with Gasteiger partial charge in [-0.05, 0) is 24.3 Å². The number of ether oxygens (including phenoxy) is 1. The zero-order valence-electron chi connectivity index (χ0n) is 10.6. The number of halogens is 3. The number of alkyl halides is 3. The molecule has 0 unspecified atom stereocenters. The molecule has 0 aliphatic rings. The first-order valence-electron chi connectivity index (χ1n) is 5.60. The zero-order valence-corrected chi connectivity index (χ0v) is 11.4. The van der Waals surface area contributed by atoms with E-state index in [2.05, 4.69) is 14.7 Å². The molecule has 1 aromatic carbocycles. The molecule has 0 atom stereocenters. The summed E-state index contributed by atoms with van der Waals surface area (Å²) in [6.45, 7) is 0. The number of rotatable bonds is 4. The van der Waals surface area contributed by atoms with E-state index in [4.69, 9.17) is 0 Å². The molecular formula is C11H8F3N3O4S. The van der Waals surface area contributed by atoms with Gasteiger partial charge in [0.2, 0.25) is 5.82 Å². The lowest BCUT2D eigenvalue weighted by atomic mass is 10.3. The van der Waals surface area contributed by atoms with E-state index < -0.39 is 33.5 Å². The van der Waals surface area contributed by atoms with Gasteiger partial charge in [-0.2, -0.15) is 0 Å². The van der Waals surface area contributed by atoms with E-state index in [1.54, 1.807) is 0 Å². The smallest absolute Gasteiger partial charge is 0.406 e. The van der Waals surface area contributed by atoms with E-state index in [0.717, 1.165) is 24.3 Å². The minimum atomic E-state index is -4.88. The second kappa shape index (κ2) is 5.67. The first-order chi connectivity index (χ1) is 10.2. The third-order valence-corrected chi connectivity index (χ3v) is 3.66. The minimum Gasteiger partial charge on any atom is -0.406 e. The lowest BCUT2D eigenvalue weighted by molar-refractivity contribution is -0.274. The second-order valence-electron chi connectivity index (χ2n) is 3.89. The highest BCUT2D eigenvalue weighted by atomic mass is 32.2. The molecule has 118 valence electrons. The Morgan fingerprint density at radius 3 is 2.36 bits per heavy atom. The maximum absolute atomic E-state index is 12.0. The van der Waals surface area contributed by atoms with Crippen LogP contribution in [0.15, 0.2) is 46.3 Å². The van der Waals surface area contributed by atoms with Crippen LogP contribution < -0.4 is 15.0 Å². The van der Waals surface area contributed by atoms with Crippen LogP contribution in [-0.4, -0.2) is 24.7 Å². The van der Waals surface area contributed by atoms with Crippen LogP contribution in [0.4, 0.5) is 19.0 Å². The van der Waals surface area contributed by atoms with Crippen LogP contribution in [0.2, 0.25) is 0 Å². The molecule has 0 spiro atoms. The van der Waals surface area contributed by atoms with Crippen molar-refractivity contribution >= 4 is 15.8 Å². The van der Waals surface area contributed by atoms with Gasteiger partial charge in [-0.1, -0.05) is 0 Å². The molecule has 0 bridgehead atoms. The third kappa shape index (κ3) is 3.97. The molecule has 0 saturated carbocycles. The average Bonchev–Trinajstić information content (AvgIpc) is 2.40. The maximum Gasteiger partial charge on any atom is 0.573 e. The predicted octanol–water partition coefficient (Wildman–Crippen LogP) is 1.47. The Morgan fingerprint density at radius 2 is 1.82 bits per heavy atom. The largest absolute Gasteiger partial charge is 0.573 e. The van der Waals surface area contributed by atoms with Crippen LogP contribution in [0.1, 0.15) is 0 Å². The van der Waals surface area contributed by atoms with E-state index >= 15 is 0 Å². The van der Waals surface area contributed by atoms with Crippen molar-refractivity contribution in [2.45, 2.75) is 11.3 Å². The van der Waals surface area contributed by atoms with Crippen LogP contribution in [-0.2, 0) is 10.0 Å². The Hall–Kier alpha value is -2.56. The Morgan fingerprint density at radius 1 is 1.18 bits per heavy atom. The summed E-state index contributed by atoms with van der Waals surface area (Å²) >= 11 is 0. The monoisotopic (exact) mass is 335 g/mol. The van der Waals surface area contributed by atoms with Crippen LogP contribution in [0, 0.1) is 0 Å². The van der Waals surface area contributed by atoms with Gasteiger partial charge in [-0.3, -0.25) is 9.52 Å². The number of nitrogens with zero attached hydrogens (tertiary/aromatic N) is 1. The molecule has 0 aliphatic carbocycles. The van der Waals surface area contributed by atoms with Gasteiger partial charge in [0.1, 0.15) is 5.75 Å². The number of sulfonamides is 1. The summed E-state index contributed by atoms with van der Waals surface area (Å²) in [4.78, 5) is 16.8. The van der Waals surface area contributed by atoms with Gasteiger partial charge in [0.15, 0.2) is 0 Å². The summed E-state index contributed by atoms with van der Waals surface area (Å²) in [5, 5.41) is 0. The van der Waals surface area contributed by atoms with Crippen LogP contribution in [0.5, 0.6) is 5.75 Å². The highest BCUT2D eigenvalue weighted by molar-refractivity contribution is 7.92. The lowest BCUT2D eigenvalue weighted by Crippen LogP contribution is -2.21. The van der Waals surface area contributed by atoms with E-state index in [-0.39, 0.29) is 4.90 Å². The van der Waals surface area contributed by atoms with Gasteiger partial charge in [-0.15, -0.1) is 13.2 Å². The van der Waals surface area contributed by atoms with Crippen molar-refractivity contribution in [3.63, 3.8) is 0 Å².